The van der Waals surface area contributed by atoms with E-state index in [0.29, 0.717) is 40.4 Å². The summed E-state index contributed by atoms with van der Waals surface area (Å²) in [5, 5.41) is 30.7. The Morgan fingerprint density at radius 1 is 0.632 bits per heavy atom. The lowest BCUT2D eigenvalue weighted by Crippen LogP contribution is -2.26. The average molecular weight is 520 g/mol. The van der Waals surface area contributed by atoms with Crippen LogP contribution in [0.3, 0.4) is 0 Å². The van der Waals surface area contributed by atoms with Gasteiger partial charge in [-0.1, -0.05) is 6.92 Å². The first-order valence-electron chi connectivity index (χ1n) is 12.1. The third-order valence-electron chi connectivity index (χ3n) is 5.90. The van der Waals surface area contributed by atoms with Crippen LogP contribution in [0.4, 0.5) is 0 Å². The Morgan fingerprint density at radius 3 is 1.42 bits per heavy atom. The fourth-order valence-corrected chi connectivity index (χ4v) is 3.65. The highest BCUT2D eigenvalue weighted by Crippen LogP contribution is 2.24. The summed E-state index contributed by atoms with van der Waals surface area (Å²) in [5.41, 5.74) is 1.52. The van der Waals surface area contributed by atoms with E-state index in [1.165, 1.54) is 0 Å². The van der Waals surface area contributed by atoms with Gasteiger partial charge in [-0.05, 0) is 61.0 Å². The summed E-state index contributed by atoms with van der Waals surface area (Å²) < 4.78 is 15.7. The number of rotatable bonds is 12. The molecule has 3 rings (SSSR count). The van der Waals surface area contributed by atoms with E-state index in [0.717, 1.165) is 0 Å². The van der Waals surface area contributed by atoms with E-state index in [1.807, 2.05) is 6.92 Å². The van der Waals surface area contributed by atoms with Gasteiger partial charge in [0.25, 0.3) is 0 Å². The zero-order valence-electron chi connectivity index (χ0n) is 21.9. The molecule has 3 N–H and O–H groups in total. The van der Waals surface area contributed by atoms with Crippen LogP contribution in [0, 0.1) is 0 Å². The highest BCUT2D eigenvalue weighted by molar-refractivity contribution is 5.86. The summed E-state index contributed by atoms with van der Waals surface area (Å²) in [4.78, 5) is 13.9. The monoisotopic (exact) mass is 519 g/mol. The predicted octanol–water partition coefficient (Wildman–Crippen LogP) is 4.63. The van der Waals surface area contributed by atoms with Crippen LogP contribution in [0.25, 0.3) is 0 Å². The molecule has 0 aliphatic carbocycles. The van der Waals surface area contributed by atoms with Gasteiger partial charge in [-0.15, -0.1) is 0 Å². The van der Waals surface area contributed by atoms with Crippen molar-refractivity contribution in [2.24, 2.45) is 15.0 Å². The second-order valence-corrected chi connectivity index (χ2v) is 8.37. The van der Waals surface area contributed by atoms with E-state index in [2.05, 4.69) is 4.99 Å². The van der Waals surface area contributed by atoms with Gasteiger partial charge >= 0.3 is 0 Å². The van der Waals surface area contributed by atoms with Crippen LogP contribution in [-0.2, 0) is 0 Å². The number of phenolic OH excluding ortho intramolecular Hbond substituents is 3. The number of benzene rings is 3. The molecule has 0 spiro atoms. The Morgan fingerprint density at radius 2 is 1.03 bits per heavy atom. The van der Waals surface area contributed by atoms with Gasteiger partial charge in [0.2, 0.25) is 0 Å². The molecule has 0 radical (unpaired) electrons. The molecule has 0 aromatic heterocycles. The number of methoxy groups -OCH3 is 3. The van der Waals surface area contributed by atoms with Crippen molar-refractivity contribution in [3.8, 4) is 34.5 Å². The highest BCUT2D eigenvalue weighted by Gasteiger charge is 2.18. The minimum absolute atomic E-state index is 0.0657. The number of hydrogen-bond acceptors (Lipinski definition) is 9. The van der Waals surface area contributed by atoms with Gasteiger partial charge < -0.3 is 29.5 Å². The summed E-state index contributed by atoms with van der Waals surface area (Å²) >= 11 is 0. The van der Waals surface area contributed by atoms with Gasteiger partial charge in [-0.3, -0.25) is 15.0 Å². The standard InChI is InChI=1S/C29H33N3O6/c1-5-25(31-16-20-13-23(37-3)7-10-28(20)34)26(32-17-21-14-24(38-4)8-11-29(21)35)18-30-15-19-12-22(36-2)6-9-27(19)33/h6-17,25-26,33-35H,5,18H2,1-4H3. The molecule has 3 aromatic rings. The Balaban J connectivity index is 1.92. The van der Waals surface area contributed by atoms with Crippen molar-refractivity contribution in [1.29, 1.82) is 0 Å². The summed E-state index contributed by atoms with van der Waals surface area (Å²) in [5.74, 6) is 2.01. The Kier molecular flexibility index (Phi) is 10.1. The van der Waals surface area contributed by atoms with Crippen LogP contribution >= 0.6 is 0 Å². The quantitative estimate of drug-likeness (QED) is 0.300. The van der Waals surface area contributed by atoms with Gasteiger partial charge in [0.05, 0.1) is 40.0 Å². The van der Waals surface area contributed by atoms with Crippen LogP contribution < -0.4 is 14.2 Å². The van der Waals surface area contributed by atoms with E-state index < -0.39 is 6.04 Å². The lowest BCUT2D eigenvalue weighted by Gasteiger charge is -2.18. The molecule has 2 unspecified atom stereocenters. The van der Waals surface area contributed by atoms with Crippen LogP contribution in [0.5, 0.6) is 34.5 Å². The summed E-state index contributed by atoms with van der Waals surface area (Å²) in [6.45, 7) is 2.23. The third-order valence-corrected chi connectivity index (χ3v) is 5.90. The molecule has 0 amide bonds. The van der Waals surface area contributed by atoms with Crippen molar-refractivity contribution in [2.45, 2.75) is 25.4 Å². The fraction of sp³-hybridized carbons (Fsp3) is 0.276. The molecule has 3 aromatic carbocycles. The van der Waals surface area contributed by atoms with Gasteiger partial charge in [0.15, 0.2) is 0 Å². The van der Waals surface area contributed by atoms with Gasteiger partial charge in [0.1, 0.15) is 34.5 Å². The molecular formula is C29H33N3O6. The lowest BCUT2D eigenvalue weighted by atomic mass is 10.1. The molecule has 0 aliphatic rings. The van der Waals surface area contributed by atoms with Crippen LogP contribution in [0.2, 0.25) is 0 Å². The molecule has 0 saturated carbocycles. The summed E-state index contributed by atoms with van der Waals surface area (Å²) in [6, 6.07) is 14.0. The first-order valence-corrected chi connectivity index (χ1v) is 12.1. The van der Waals surface area contributed by atoms with Crippen LogP contribution in [0.15, 0.2) is 69.6 Å². The largest absolute Gasteiger partial charge is 0.507 e. The maximum absolute atomic E-state index is 10.3. The molecule has 0 bridgehead atoms. The van der Waals surface area contributed by atoms with E-state index in [1.54, 1.807) is 94.6 Å². The van der Waals surface area contributed by atoms with Crippen molar-refractivity contribution in [3.63, 3.8) is 0 Å². The van der Waals surface area contributed by atoms with Crippen molar-refractivity contribution in [2.75, 3.05) is 27.9 Å². The Hall–Kier alpha value is -4.53. The zero-order valence-corrected chi connectivity index (χ0v) is 21.9. The van der Waals surface area contributed by atoms with E-state index in [9.17, 15) is 15.3 Å². The van der Waals surface area contributed by atoms with Crippen molar-refractivity contribution < 1.29 is 29.5 Å². The van der Waals surface area contributed by atoms with Crippen molar-refractivity contribution >= 4 is 18.6 Å². The smallest absolute Gasteiger partial charge is 0.124 e. The fourth-order valence-electron chi connectivity index (χ4n) is 3.65. The molecule has 0 aliphatic heterocycles. The third kappa shape index (κ3) is 7.49. The van der Waals surface area contributed by atoms with Crippen molar-refractivity contribution in [3.05, 3.63) is 71.3 Å². The topological polar surface area (TPSA) is 125 Å². The number of hydrogen-bond donors (Lipinski definition) is 3. The molecule has 9 nitrogen and oxygen atoms in total. The maximum atomic E-state index is 10.3. The number of aliphatic imine (C=N–C) groups is 3. The summed E-state index contributed by atoms with van der Waals surface area (Å²) in [6.07, 6.45) is 5.36. The second-order valence-electron chi connectivity index (χ2n) is 8.37. The van der Waals surface area contributed by atoms with Gasteiger partial charge in [-0.2, -0.15) is 0 Å². The first kappa shape index (κ1) is 28.0. The SMILES string of the molecule is CCC(N=Cc1cc(OC)ccc1O)C(CN=Cc1cc(OC)ccc1O)N=Cc1cc(OC)ccc1O. The maximum Gasteiger partial charge on any atom is 0.124 e. The Bertz CT molecular complexity index is 1310. The average Bonchev–Trinajstić information content (AvgIpc) is 2.94. The number of phenols is 3. The molecule has 38 heavy (non-hydrogen) atoms. The van der Waals surface area contributed by atoms with E-state index in [-0.39, 0.29) is 29.8 Å². The number of nitrogens with zero attached hydrogens (tertiary/aromatic N) is 3. The van der Waals surface area contributed by atoms with E-state index in [4.69, 9.17) is 24.2 Å². The molecule has 0 saturated heterocycles. The predicted molar refractivity (Wildman–Crippen MR) is 149 cm³/mol. The zero-order chi connectivity index (χ0) is 27.5. The van der Waals surface area contributed by atoms with Gasteiger partial charge in [-0.25, -0.2) is 0 Å². The minimum Gasteiger partial charge on any atom is -0.507 e. The molecule has 200 valence electrons. The van der Waals surface area contributed by atoms with Crippen molar-refractivity contribution in [1.82, 2.24) is 0 Å². The second kappa shape index (κ2) is 13.7. The minimum atomic E-state index is -0.418. The molecule has 0 fully saturated rings. The van der Waals surface area contributed by atoms with Crippen LogP contribution in [-0.4, -0.2) is 73.9 Å². The summed E-state index contributed by atoms with van der Waals surface area (Å²) in [7, 11) is 4.66. The number of aromatic hydroxyl groups is 3. The van der Waals surface area contributed by atoms with Crippen LogP contribution in [0.1, 0.15) is 30.0 Å². The van der Waals surface area contributed by atoms with Gasteiger partial charge in [0, 0.05) is 35.3 Å². The molecule has 2 atom stereocenters. The molecule has 0 heterocycles. The molecule has 9 heteroatoms. The van der Waals surface area contributed by atoms with E-state index >= 15 is 0 Å². The Labute approximate surface area is 222 Å². The highest BCUT2D eigenvalue weighted by atomic mass is 16.5. The lowest BCUT2D eigenvalue weighted by molar-refractivity contribution is 0.412. The normalized spacial score (nSPS) is 13.3. The number of ether oxygens (including phenoxy) is 3. The molecular weight excluding hydrogens is 486 g/mol. The first-order chi connectivity index (χ1) is 18.4.